The summed E-state index contributed by atoms with van der Waals surface area (Å²) in [6.07, 6.45) is 4.44. The van der Waals surface area contributed by atoms with Crippen LogP contribution in [0, 0.1) is 11.6 Å². The topological polar surface area (TPSA) is 19.0 Å². The number of aromatic amines is 1. The molecule has 4 heteroatoms. The zero-order valence-corrected chi connectivity index (χ0v) is 10.3. The van der Waals surface area contributed by atoms with Gasteiger partial charge in [-0.25, -0.2) is 8.78 Å². The van der Waals surface area contributed by atoms with E-state index in [4.69, 9.17) is 0 Å². The maximum Gasteiger partial charge on any atom is 0.160 e. The number of halogens is 2. The monoisotopic (exact) mass is 250 g/mol. The van der Waals surface area contributed by atoms with Crippen LogP contribution in [0.25, 0.3) is 10.9 Å². The third-order valence-corrected chi connectivity index (χ3v) is 3.01. The molecular weight excluding hydrogens is 234 g/mol. The molecule has 1 aromatic carbocycles. The second kappa shape index (κ2) is 5.31. The number of H-pyrrole nitrogens is 1. The number of hydrogen-bond acceptors (Lipinski definition) is 1. The van der Waals surface area contributed by atoms with Crippen molar-refractivity contribution in [1.29, 1.82) is 0 Å². The van der Waals surface area contributed by atoms with Crippen LogP contribution in [0.5, 0.6) is 0 Å². The van der Waals surface area contributed by atoms with Gasteiger partial charge in [-0.2, -0.15) is 0 Å². The molecule has 1 N–H and O–H groups in total. The Balaban J connectivity index is 2.19. The van der Waals surface area contributed by atoms with Crippen molar-refractivity contribution in [2.24, 2.45) is 0 Å². The van der Waals surface area contributed by atoms with E-state index in [2.05, 4.69) is 16.5 Å². The van der Waals surface area contributed by atoms with Gasteiger partial charge in [0.05, 0.1) is 0 Å². The van der Waals surface area contributed by atoms with Crippen LogP contribution in [0.4, 0.5) is 8.78 Å². The third-order valence-electron chi connectivity index (χ3n) is 3.01. The lowest BCUT2D eigenvalue weighted by Crippen LogP contribution is -2.20. The van der Waals surface area contributed by atoms with E-state index in [0.29, 0.717) is 5.52 Å². The van der Waals surface area contributed by atoms with Crippen LogP contribution in [-0.2, 0) is 6.42 Å². The average molecular weight is 250 g/mol. The summed E-state index contributed by atoms with van der Waals surface area (Å²) in [7, 11) is 2.00. The molecule has 0 spiro atoms. The van der Waals surface area contributed by atoms with E-state index in [1.165, 1.54) is 12.1 Å². The van der Waals surface area contributed by atoms with Crippen molar-refractivity contribution < 1.29 is 8.78 Å². The molecule has 0 fully saturated rings. The lowest BCUT2D eigenvalue weighted by atomic mass is 10.1. The number of hydrogen-bond donors (Lipinski definition) is 1. The van der Waals surface area contributed by atoms with Crippen LogP contribution < -0.4 is 0 Å². The second-order valence-corrected chi connectivity index (χ2v) is 4.43. The van der Waals surface area contributed by atoms with Crippen molar-refractivity contribution in [3.05, 3.63) is 48.2 Å². The minimum Gasteiger partial charge on any atom is -0.361 e. The number of aromatic nitrogens is 1. The van der Waals surface area contributed by atoms with Gasteiger partial charge in [0.15, 0.2) is 11.6 Å². The Morgan fingerprint density at radius 2 is 2.06 bits per heavy atom. The van der Waals surface area contributed by atoms with Crippen LogP contribution in [0.3, 0.4) is 0 Å². The molecule has 18 heavy (non-hydrogen) atoms. The molecule has 2 rings (SSSR count). The summed E-state index contributed by atoms with van der Waals surface area (Å²) in [5.74, 6) is -1.62. The minimum atomic E-state index is -0.820. The molecule has 2 aromatic rings. The third kappa shape index (κ3) is 2.59. The fourth-order valence-corrected chi connectivity index (χ4v) is 2.00. The average Bonchev–Trinajstić information content (AvgIpc) is 2.70. The first kappa shape index (κ1) is 12.8. The van der Waals surface area contributed by atoms with E-state index >= 15 is 0 Å². The van der Waals surface area contributed by atoms with Crippen LogP contribution >= 0.6 is 0 Å². The molecule has 0 amide bonds. The van der Waals surface area contributed by atoms with Gasteiger partial charge in [-0.05, 0) is 25.1 Å². The van der Waals surface area contributed by atoms with Crippen LogP contribution in [0.1, 0.15) is 5.56 Å². The molecule has 0 bridgehead atoms. The summed E-state index contributed by atoms with van der Waals surface area (Å²) in [6.45, 7) is 5.33. The van der Waals surface area contributed by atoms with Crippen molar-refractivity contribution in [2.75, 3.05) is 20.1 Å². The Hall–Kier alpha value is -1.68. The van der Waals surface area contributed by atoms with Gasteiger partial charge in [0.25, 0.3) is 0 Å². The molecule has 0 aliphatic carbocycles. The highest BCUT2D eigenvalue weighted by Gasteiger charge is 2.09. The van der Waals surface area contributed by atoms with Gasteiger partial charge in [-0.15, -0.1) is 6.58 Å². The lowest BCUT2D eigenvalue weighted by Gasteiger charge is -2.13. The molecule has 0 saturated carbocycles. The van der Waals surface area contributed by atoms with Crippen molar-refractivity contribution in [3.63, 3.8) is 0 Å². The molecule has 0 saturated heterocycles. The molecule has 1 heterocycles. The number of benzene rings is 1. The molecule has 2 nitrogen and oxygen atoms in total. The zero-order chi connectivity index (χ0) is 13.1. The SMILES string of the molecule is C=CCN(C)CCc1c[nH]c2cc(F)c(F)cc12. The summed E-state index contributed by atoms with van der Waals surface area (Å²) >= 11 is 0. The standard InChI is InChI=1S/C14H16F2N2/c1-3-5-18(2)6-4-10-9-17-14-8-13(16)12(15)7-11(10)14/h3,7-9,17H,1,4-6H2,2H3. The maximum atomic E-state index is 13.2. The molecule has 0 radical (unpaired) electrons. The quantitative estimate of drug-likeness (QED) is 0.808. The van der Waals surface area contributed by atoms with E-state index in [1.807, 2.05) is 19.3 Å². The summed E-state index contributed by atoms with van der Waals surface area (Å²) in [6, 6.07) is 2.45. The fourth-order valence-electron chi connectivity index (χ4n) is 2.00. The smallest absolute Gasteiger partial charge is 0.160 e. The molecule has 0 atom stereocenters. The first-order valence-electron chi connectivity index (χ1n) is 5.86. The van der Waals surface area contributed by atoms with E-state index in [1.54, 1.807) is 0 Å². The van der Waals surface area contributed by atoms with Crippen LogP contribution in [-0.4, -0.2) is 30.0 Å². The van der Waals surface area contributed by atoms with Gasteiger partial charge >= 0.3 is 0 Å². The lowest BCUT2D eigenvalue weighted by molar-refractivity contribution is 0.376. The highest BCUT2D eigenvalue weighted by molar-refractivity contribution is 5.83. The first-order valence-corrected chi connectivity index (χ1v) is 5.86. The number of nitrogens with one attached hydrogen (secondary N) is 1. The van der Waals surface area contributed by atoms with Crippen molar-refractivity contribution in [3.8, 4) is 0 Å². The Kier molecular flexibility index (Phi) is 3.77. The number of likely N-dealkylation sites (N-methyl/N-ethyl adjacent to an activating group) is 1. The summed E-state index contributed by atoms with van der Waals surface area (Å²) in [4.78, 5) is 5.08. The Morgan fingerprint density at radius 3 is 2.78 bits per heavy atom. The minimum absolute atomic E-state index is 0.635. The molecule has 0 unspecified atom stereocenters. The normalized spacial score (nSPS) is 11.3. The number of rotatable bonds is 5. The highest BCUT2D eigenvalue weighted by atomic mass is 19.2. The van der Waals surface area contributed by atoms with Crippen molar-refractivity contribution in [2.45, 2.75) is 6.42 Å². The maximum absolute atomic E-state index is 13.2. The van der Waals surface area contributed by atoms with Gasteiger partial charge in [-0.1, -0.05) is 6.08 Å². The highest BCUT2D eigenvalue weighted by Crippen LogP contribution is 2.22. The summed E-state index contributed by atoms with van der Waals surface area (Å²) in [5, 5.41) is 0.751. The predicted octanol–water partition coefficient (Wildman–Crippen LogP) is 3.11. The Morgan fingerprint density at radius 1 is 1.33 bits per heavy atom. The Bertz CT molecular complexity index is 560. The first-order chi connectivity index (χ1) is 8.61. The summed E-state index contributed by atoms with van der Waals surface area (Å²) in [5.41, 5.74) is 1.63. The zero-order valence-electron chi connectivity index (χ0n) is 10.3. The molecule has 0 aliphatic heterocycles. The van der Waals surface area contributed by atoms with E-state index in [9.17, 15) is 8.78 Å². The fraction of sp³-hybridized carbons (Fsp3) is 0.286. The second-order valence-electron chi connectivity index (χ2n) is 4.43. The largest absolute Gasteiger partial charge is 0.361 e. The van der Waals surface area contributed by atoms with Crippen molar-refractivity contribution in [1.82, 2.24) is 9.88 Å². The van der Waals surface area contributed by atoms with Gasteiger partial charge in [0.2, 0.25) is 0 Å². The van der Waals surface area contributed by atoms with Gasteiger partial charge < -0.3 is 9.88 Å². The molecule has 96 valence electrons. The Labute approximate surface area is 105 Å². The van der Waals surface area contributed by atoms with Gasteiger partial charge in [0.1, 0.15) is 0 Å². The van der Waals surface area contributed by atoms with E-state index in [0.717, 1.165) is 30.5 Å². The number of fused-ring (bicyclic) bond motifs is 1. The predicted molar refractivity (Wildman–Crippen MR) is 69.6 cm³/mol. The molecule has 1 aromatic heterocycles. The van der Waals surface area contributed by atoms with Crippen LogP contribution in [0.2, 0.25) is 0 Å². The van der Waals surface area contributed by atoms with Crippen LogP contribution in [0.15, 0.2) is 31.0 Å². The van der Waals surface area contributed by atoms with Gasteiger partial charge in [-0.3, -0.25) is 0 Å². The van der Waals surface area contributed by atoms with Crippen molar-refractivity contribution >= 4 is 10.9 Å². The summed E-state index contributed by atoms with van der Waals surface area (Å²) < 4.78 is 26.3. The molecule has 0 aliphatic rings. The van der Waals surface area contributed by atoms with E-state index in [-0.39, 0.29) is 0 Å². The number of nitrogens with zero attached hydrogens (tertiary/aromatic N) is 1. The van der Waals surface area contributed by atoms with Gasteiger partial charge in [0, 0.05) is 36.3 Å². The van der Waals surface area contributed by atoms with E-state index < -0.39 is 11.6 Å². The molecular formula is C14H16F2N2.